The third kappa shape index (κ3) is 6.94. The smallest absolute Gasteiger partial charge is 0.00670 e. The van der Waals surface area contributed by atoms with Crippen molar-refractivity contribution in [3.8, 4) is 0 Å². The van der Waals surface area contributed by atoms with E-state index in [4.69, 9.17) is 0 Å². The number of nitrogens with one attached hydrogen (secondary N) is 1. The van der Waals surface area contributed by atoms with Crippen LogP contribution in [0.3, 0.4) is 0 Å². The zero-order chi connectivity index (χ0) is 11.1. The summed E-state index contributed by atoms with van der Waals surface area (Å²) in [6, 6.07) is 0.841. The van der Waals surface area contributed by atoms with Crippen LogP contribution in [0.25, 0.3) is 0 Å². The van der Waals surface area contributed by atoms with Gasteiger partial charge in [-0.3, -0.25) is 0 Å². The van der Waals surface area contributed by atoms with Crippen LogP contribution < -0.4 is 5.32 Å². The average molecular weight is 211 g/mol. The second-order valence-corrected chi connectivity index (χ2v) is 6.31. The Morgan fingerprint density at radius 2 is 1.67 bits per heavy atom. The first-order chi connectivity index (χ1) is 7.08. The van der Waals surface area contributed by atoms with Gasteiger partial charge in [0.25, 0.3) is 0 Å². The van der Waals surface area contributed by atoms with Gasteiger partial charge in [0.15, 0.2) is 0 Å². The van der Waals surface area contributed by atoms with E-state index in [-0.39, 0.29) is 0 Å². The van der Waals surface area contributed by atoms with E-state index >= 15 is 0 Å². The molecule has 0 atom stereocenters. The summed E-state index contributed by atoms with van der Waals surface area (Å²) in [4.78, 5) is 0. The summed E-state index contributed by atoms with van der Waals surface area (Å²) in [7, 11) is 0. The summed E-state index contributed by atoms with van der Waals surface area (Å²) >= 11 is 0. The van der Waals surface area contributed by atoms with E-state index in [9.17, 15) is 0 Å². The Morgan fingerprint density at radius 1 is 1.00 bits per heavy atom. The maximum absolute atomic E-state index is 3.71. The normalized spacial score (nSPS) is 19.4. The van der Waals surface area contributed by atoms with Gasteiger partial charge in [-0.05, 0) is 37.6 Å². The summed E-state index contributed by atoms with van der Waals surface area (Å²) in [6.07, 6.45) is 11.3. The zero-order valence-corrected chi connectivity index (χ0v) is 10.9. The van der Waals surface area contributed by atoms with Crippen LogP contribution in [0.15, 0.2) is 0 Å². The molecule has 0 unspecified atom stereocenters. The molecule has 1 N–H and O–H groups in total. The molecule has 0 aromatic rings. The fourth-order valence-corrected chi connectivity index (χ4v) is 2.39. The van der Waals surface area contributed by atoms with E-state index in [1.807, 2.05) is 0 Å². The first-order valence-electron chi connectivity index (χ1n) is 6.81. The van der Waals surface area contributed by atoms with Crippen molar-refractivity contribution in [1.82, 2.24) is 5.32 Å². The maximum Gasteiger partial charge on any atom is 0.00670 e. The topological polar surface area (TPSA) is 12.0 Å². The molecule has 1 aliphatic carbocycles. The molecule has 1 heteroatoms. The van der Waals surface area contributed by atoms with Crippen molar-refractivity contribution in [3.05, 3.63) is 0 Å². The Morgan fingerprint density at radius 3 is 2.27 bits per heavy atom. The van der Waals surface area contributed by atoms with Gasteiger partial charge in [-0.2, -0.15) is 0 Å². The molecule has 1 rings (SSSR count). The SMILES string of the molecule is CC(C)(C)CCCCNC1CCCCC1. The van der Waals surface area contributed by atoms with E-state index in [0.29, 0.717) is 5.41 Å². The van der Waals surface area contributed by atoms with E-state index < -0.39 is 0 Å². The van der Waals surface area contributed by atoms with Gasteiger partial charge in [-0.25, -0.2) is 0 Å². The lowest BCUT2D eigenvalue weighted by molar-refractivity contribution is 0.342. The molecular weight excluding hydrogens is 182 g/mol. The Labute approximate surface area is 96.0 Å². The predicted octanol–water partition coefficient (Wildman–Crippen LogP) is 4.13. The van der Waals surface area contributed by atoms with Gasteiger partial charge in [0, 0.05) is 6.04 Å². The van der Waals surface area contributed by atoms with Crippen LogP contribution >= 0.6 is 0 Å². The van der Waals surface area contributed by atoms with E-state index in [1.54, 1.807) is 0 Å². The third-order valence-corrected chi connectivity index (χ3v) is 3.39. The first-order valence-corrected chi connectivity index (χ1v) is 6.81. The van der Waals surface area contributed by atoms with Crippen molar-refractivity contribution in [3.63, 3.8) is 0 Å². The Kier molecular flexibility index (Phi) is 5.66. The number of hydrogen-bond acceptors (Lipinski definition) is 1. The molecule has 0 spiro atoms. The summed E-state index contributed by atoms with van der Waals surface area (Å²) in [5, 5.41) is 3.71. The zero-order valence-electron chi connectivity index (χ0n) is 10.9. The highest BCUT2D eigenvalue weighted by atomic mass is 14.9. The molecule has 1 aliphatic rings. The molecule has 0 aromatic heterocycles. The fraction of sp³-hybridized carbons (Fsp3) is 1.00. The molecule has 0 amide bonds. The van der Waals surface area contributed by atoms with Crippen molar-refractivity contribution in [2.24, 2.45) is 5.41 Å². The third-order valence-electron chi connectivity index (χ3n) is 3.39. The van der Waals surface area contributed by atoms with Crippen LogP contribution in [-0.4, -0.2) is 12.6 Å². The van der Waals surface area contributed by atoms with Crippen molar-refractivity contribution < 1.29 is 0 Å². The summed E-state index contributed by atoms with van der Waals surface area (Å²) < 4.78 is 0. The quantitative estimate of drug-likeness (QED) is 0.674. The lowest BCUT2D eigenvalue weighted by atomic mass is 9.90. The van der Waals surface area contributed by atoms with Crippen molar-refractivity contribution >= 4 is 0 Å². The van der Waals surface area contributed by atoms with Crippen LogP contribution in [0.1, 0.15) is 72.1 Å². The lowest BCUT2D eigenvalue weighted by Crippen LogP contribution is -2.31. The minimum atomic E-state index is 0.519. The fourth-order valence-electron chi connectivity index (χ4n) is 2.39. The molecule has 0 aromatic carbocycles. The summed E-state index contributed by atoms with van der Waals surface area (Å²) in [5.74, 6) is 0. The largest absolute Gasteiger partial charge is 0.314 e. The van der Waals surface area contributed by atoms with E-state index in [1.165, 1.54) is 57.9 Å². The molecule has 15 heavy (non-hydrogen) atoms. The minimum absolute atomic E-state index is 0.519. The number of unbranched alkanes of at least 4 members (excludes halogenated alkanes) is 1. The molecule has 0 radical (unpaired) electrons. The van der Waals surface area contributed by atoms with Crippen molar-refractivity contribution in [2.75, 3.05) is 6.54 Å². The van der Waals surface area contributed by atoms with Gasteiger partial charge < -0.3 is 5.32 Å². The molecule has 0 saturated heterocycles. The summed E-state index contributed by atoms with van der Waals surface area (Å²) in [6.45, 7) is 8.24. The maximum atomic E-state index is 3.71. The standard InChI is InChI=1S/C14H29N/c1-14(2,3)11-7-8-12-15-13-9-5-4-6-10-13/h13,15H,4-12H2,1-3H3. The Hall–Kier alpha value is -0.0400. The van der Waals surface area contributed by atoms with Crippen LogP contribution in [0.4, 0.5) is 0 Å². The van der Waals surface area contributed by atoms with Crippen molar-refractivity contribution in [2.45, 2.75) is 78.2 Å². The molecule has 1 nitrogen and oxygen atoms in total. The van der Waals surface area contributed by atoms with Gasteiger partial charge in [-0.1, -0.05) is 46.5 Å². The van der Waals surface area contributed by atoms with E-state index in [0.717, 1.165) is 6.04 Å². The van der Waals surface area contributed by atoms with Crippen LogP contribution in [-0.2, 0) is 0 Å². The molecule has 0 heterocycles. The predicted molar refractivity (Wildman–Crippen MR) is 68.2 cm³/mol. The minimum Gasteiger partial charge on any atom is -0.314 e. The van der Waals surface area contributed by atoms with Crippen LogP contribution in [0.2, 0.25) is 0 Å². The first kappa shape index (κ1) is 13.0. The van der Waals surface area contributed by atoms with E-state index in [2.05, 4.69) is 26.1 Å². The lowest BCUT2D eigenvalue weighted by Gasteiger charge is -2.23. The van der Waals surface area contributed by atoms with Gasteiger partial charge in [0.1, 0.15) is 0 Å². The summed E-state index contributed by atoms with van der Waals surface area (Å²) in [5.41, 5.74) is 0.519. The molecule has 1 fully saturated rings. The second-order valence-electron chi connectivity index (χ2n) is 6.31. The van der Waals surface area contributed by atoms with Gasteiger partial charge in [0.2, 0.25) is 0 Å². The monoisotopic (exact) mass is 211 g/mol. The highest BCUT2D eigenvalue weighted by Crippen LogP contribution is 2.21. The van der Waals surface area contributed by atoms with Crippen LogP contribution in [0.5, 0.6) is 0 Å². The molecule has 90 valence electrons. The van der Waals surface area contributed by atoms with Gasteiger partial charge in [0.05, 0.1) is 0 Å². The van der Waals surface area contributed by atoms with Gasteiger partial charge >= 0.3 is 0 Å². The molecule has 0 bridgehead atoms. The highest BCUT2D eigenvalue weighted by molar-refractivity contribution is 4.71. The van der Waals surface area contributed by atoms with Crippen LogP contribution in [0, 0.1) is 5.41 Å². The Bertz CT molecular complexity index is 151. The number of hydrogen-bond donors (Lipinski definition) is 1. The van der Waals surface area contributed by atoms with Gasteiger partial charge in [-0.15, -0.1) is 0 Å². The highest BCUT2D eigenvalue weighted by Gasteiger charge is 2.12. The molecule has 1 saturated carbocycles. The average Bonchev–Trinajstić information content (AvgIpc) is 2.17. The Balaban J connectivity index is 1.92. The van der Waals surface area contributed by atoms with Crippen molar-refractivity contribution in [1.29, 1.82) is 0 Å². The molecular formula is C14H29N. The molecule has 0 aliphatic heterocycles. The number of rotatable bonds is 5. The second kappa shape index (κ2) is 6.52.